The van der Waals surface area contributed by atoms with Crippen molar-refractivity contribution in [3.05, 3.63) is 11.9 Å². The highest BCUT2D eigenvalue weighted by molar-refractivity contribution is 5.48. The number of nitrogen functional groups attached to an aromatic ring is 1. The molecule has 7 nitrogen and oxygen atoms in total. The Bertz CT molecular complexity index is 442. The summed E-state index contributed by atoms with van der Waals surface area (Å²) in [5, 5.41) is 3.41. The van der Waals surface area contributed by atoms with Gasteiger partial charge < -0.3 is 20.2 Å². The molecule has 2 rings (SSSR count). The molecule has 7 heteroatoms. The summed E-state index contributed by atoms with van der Waals surface area (Å²) >= 11 is 0. The van der Waals surface area contributed by atoms with Gasteiger partial charge in [0.15, 0.2) is 5.82 Å². The smallest absolute Gasteiger partial charge is 0.158 e. The lowest BCUT2D eigenvalue weighted by Crippen LogP contribution is -2.41. The van der Waals surface area contributed by atoms with Crippen LogP contribution >= 0.6 is 0 Å². The van der Waals surface area contributed by atoms with Crippen LogP contribution in [0.2, 0.25) is 0 Å². The van der Waals surface area contributed by atoms with E-state index in [1.165, 1.54) is 0 Å². The summed E-state index contributed by atoms with van der Waals surface area (Å²) in [5.41, 5.74) is 2.40. The summed E-state index contributed by atoms with van der Waals surface area (Å²) in [4.78, 5) is 8.63. The number of ether oxygens (including phenoxy) is 2. The molecule has 1 aromatic heterocycles. The van der Waals surface area contributed by atoms with Crippen LogP contribution in [-0.4, -0.2) is 35.3 Å². The van der Waals surface area contributed by atoms with E-state index in [1.807, 2.05) is 0 Å². The summed E-state index contributed by atoms with van der Waals surface area (Å²) in [6, 6.07) is 1.77. The van der Waals surface area contributed by atoms with Gasteiger partial charge in [-0.05, 0) is 20.3 Å². The minimum absolute atomic E-state index is 0.127. The minimum Gasteiger partial charge on any atom is -0.377 e. The van der Waals surface area contributed by atoms with E-state index >= 15 is 0 Å². The van der Waals surface area contributed by atoms with Crippen LogP contribution < -0.4 is 16.6 Å². The lowest BCUT2D eigenvalue weighted by molar-refractivity contribution is 0.105. The Balaban J connectivity index is 2.21. The number of nitrogens with one attached hydrogen (secondary N) is 2. The number of nitrogens with two attached hydrogens (primary N) is 1. The number of hydrogen-bond acceptors (Lipinski definition) is 7. The standard InChI is InChI=1S/C12H21N5O2/c1-8-12(2,4-5-19-8)16-9-6-10(17-13)15-11(14-9)7-18-3/h6,8H,4-5,7,13H2,1-3H3,(H2,14,15,16,17). The molecular formula is C12H21N5O2. The maximum absolute atomic E-state index is 5.60. The molecule has 0 aromatic carbocycles. The van der Waals surface area contributed by atoms with Crippen LogP contribution in [0.15, 0.2) is 6.07 Å². The van der Waals surface area contributed by atoms with E-state index in [1.54, 1.807) is 13.2 Å². The Morgan fingerprint density at radius 2 is 2.26 bits per heavy atom. The highest BCUT2D eigenvalue weighted by Gasteiger charge is 2.37. The third kappa shape index (κ3) is 3.12. The molecule has 2 unspecified atom stereocenters. The number of hydrazine groups is 1. The number of nitrogens with zero attached hydrogens (tertiary/aromatic N) is 2. The maximum Gasteiger partial charge on any atom is 0.158 e. The Hall–Kier alpha value is -1.44. The minimum atomic E-state index is -0.134. The number of hydrogen-bond donors (Lipinski definition) is 3. The van der Waals surface area contributed by atoms with Gasteiger partial charge >= 0.3 is 0 Å². The molecule has 106 valence electrons. The second-order valence-electron chi connectivity index (χ2n) is 4.94. The van der Waals surface area contributed by atoms with Crippen molar-refractivity contribution in [3.63, 3.8) is 0 Å². The van der Waals surface area contributed by atoms with Gasteiger partial charge in [-0.3, -0.25) is 0 Å². The molecule has 1 aliphatic heterocycles. The SMILES string of the molecule is COCc1nc(NN)cc(NC2(C)CCOC2C)n1. The van der Waals surface area contributed by atoms with Crippen molar-refractivity contribution >= 4 is 11.6 Å². The van der Waals surface area contributed by atoms with Gasteiger partial charge in [0.2, 0.25) is 0 Å². The van der Waals surface area contributed by atoms with Gasteiger partial charge in [-0.25, -0.2) is 15.8 Å². The first-order valence-electron chi connectivity index (χ1n) is 6.30. The molecule has 1 fully saturated rings. The molecule has 2 atom stereocenters. The number of anilines is 2. The van der Waals surface area contributed by atoms with E-state index in [4.69, 9.17) is 15.3 Å². The Kier molecular flexibility index (Phi) is 4.18. The first-order valence-corrected chi connectivity index (χ1v) is 6.30. The zero-order chi connectivity index (χ0) is 13.9. The molecule has 0 radical (unpaired) electrons. The molecule has 0 amide bonds. The van der Waals surface area contributed by atoms with E-state index in [-0.39, 0.29) is 11.6 Å². The maximum atomic E-state index is 5.60. The zero-order valence-corrected chi connectivity index (χ0v) is 11.6. The van der Waals surface area contributed by atoms with Crippen molar-refractivity contribution in [1.29, 1.82) is 0 Å². The van der Waals surface area contributed by atoms with Crippen molar-refractivity contribution in [2.75, 3.05) is 24.5 Å². The largest absolute Gasteiger partial charge is 0.377 e. The summed E-state index contributed by atoms with van der Waals surface area (Å²) in [5.74, 6) is 7.27. The van der Waals surface area contributed by atoms with Gasteiger partial charge in [0.25, 0.3) is 0 Å². The Labute approximate surface area is 112 Å². The Morgan fingerprint density at radius 3 is 2.84 bits per heavy atom. The van der Waals surface area contributed by atoms with Crippen molar-refractivity contribution in [3.8, 4) is 0 Å². The van der Waals surface area contributed by atoms with Gasteiger partial charge in [-0.15, -0.1) is 0 Å². The van der Waals surface area contributed by atoms with Crippen LogP contribution in [0.3, 0.4) is 0 Å². The van der Waals surface area contributed by atoms with E-state index in [2.05, 4.69) is 34.6 Å². The van der Waals surface area contributed by atoms with E-state index in [0.29, 0.717) is 18.2 Å². The van der Waals surface area contributed by atoms with Gasteiger partial charge in [0.05, 0.1) is 11.6 Å². The predicted octanol–water partition coefficient (Wildman–Crippen LogP) is 0.888. The second kappa shape index (κ2) is 5.68. The fourth-order valence-corrected chi connectivity index (χ4v) is 2.12. The van der Waals surface area contributed by atoms with Crippen LogP contribution in [0.25, 0.3) is 0 Å². The average molecular weight is 267 g/mol. The molecule has 1 aliphatic rings. The normalized spacial score (nSPS) is 26.4. The number of methoxy groups -OCH3 is 1. The molecule has 0 bridgehead atoms. The highest BCUT2D eigenvalue weighted by atomic mass is 16.5. The molecule has 1 aromatic rings. The van der Waals surface area contributed by atoms with Gasteiger partial charge in [0.1, 0.15) is 18.2 Å². The second-order valence-corrected chi connectivity index (χ2v) is 4.94. The lowest BCUT2D eigenvalue weighted by Gasteiger charge is -2.29. The molecular weight excluding hydrogens is 246 g/mol. The van der Waals surface area contributed by atoms with Crippen molar-refractivity contribution < 1.29 is 9.47 Å². The third-order valence-electron chi connectivity index (χ3n) is 3.49. The Morgan fingerprint density at radius 1 is 1.53 bits per heavy atom. The lowest BCUT2D eigenvalue weighted by atomic mass is 9.95. The first kappa shape index (κ1) is 14.0. The molecule has 2 heterocycles. The molecule has 0 saturated carbocycles. The molecule has 19 heavy (non-hydrogen) atoms. The fourth-order valence-electron chi connectivity index (χ4n) is 2.12. The summed E-state index contributed by atoms with van der Waals surface area (Å²) in [6.45, 7) is 5.27. The predicted molar refractivity (Wildman–Crippen MR) is 72.6 cm³/mol. The zero-order valence-electron chi connectivity index (χ0n) is 11.6. The van der Waals surface area contributed by atoms with E-state index in [0.717, 1.165) is 18.8 Å². The molecule has 0 aliphatic carbocycles. The summed E-state index contributed by atoms with van der Waals surface area (Å²) in [7, 11) is 1.60. The number of rotatable bonds is 5. The molecule has 4 N–H and O–H groups in total. The van der Waals surface area contributed by atoms with Gasteiger partial charge in [-0.1, -0.05) is 0 Å². The monoisotopic (exact) mass is 267 g/mol. The van der Waals surface area contributed by atoms with Crippen molar-refractivity contribution in [1.82, 2.24) is 9.97 Å². The van der Waals surface area contributed by atoms with Crippen molar-refractivity contribution in [2.24, 2.45) is 5.84 Å². The van der Waals surface area contributed by atoms with Gasteiger partial charge in [-0.2, -0.15) is 0 Å². The fraction of sp³-hybridized carbons (Fsp3) is 0.667. The van der Waals surface area contributed by atoms with Crippen molar-refractivity contribution in [2.45, 2.75) is 38.5 Å². The summed E-state index contributed by atoms with van der Waals surface area (Å²) < 4.78 is 10.7. The van der Waals surface area contributed by atoms with E-state index < -0.39 is 0 Å². The van der Waals surface area contributed by atoms with Crippen LogP contribution in [0.1, 0.15) is 26.1 Å². The first-order chi connectivity index (χ1) is 9.07. The van der Waals surface area contributed by atoms with Gasteiger partial charge in [0, 0.05) is 19.8 Å². The quantitative estimate of drug-likeness (QED) is 0.538. The average Bonchev–Trinajstić information content (AvgIpc) is 2.69. The van der Waals surface area contributed by atoms with Crippen LogP contribution in [0.5, 0.6) is 0 Å². The van der Waals surface area contributed by atoms with Crippen LogP contribution in [0.4, 0.5) is 11.6 Å². The number of aromatic nitrogens is 2. The topological polar surface area (TPSA) is 94.3 Å². The van der Waals surface area contributed by atoms with Crippen LogP contribution in [0, 0.1) is 0 Å². The van der Waals surface area contributed by atoms with Crippen LogP contribution in [-0.2, 0) is 16.1 Å². The third-order valence-corrected chi connectivity index (χ3v) is 3.49. The summed E-state index contributed by atoms with van der Waals surface area (Å²) in [6.07, 6.45) is 1.06. The molecule has 0 spiro atoms. The molecule has 1 saturated heterocycles. The van der Waals surface area contributed by atoms with E-state index in [9.17, 15) is 0 Å². The highest BCUT2D eigenvalue weighted by Crippen LogP contribution is 2.29.